The second kappa shape index (κ2) is 6.10. The number of halogens is 1. The van der Waals surface area contributed by atoms with Gasteiger partial charge in [0.25, 0.3) is 0 Å². The lowest BCUT2D eigenvalue weighted by atomic mass is 10.1. The summed E-state index contributed by atoms with van der Waals surface area (Å²) in [5.74, 6) is 1.10. The van der Waals surface area contributed by atoms with Gasteiger partial charge in [-0.15, -0.1) is 0 Å². The zero-order valence-corrected chi connectivity index (χ0v) is 13.3. The lowest BCUT2D eigenvalue weighted by molar-refractivity contribution is 0.0820. The number of fused-ring (bicyclic) bond motifs is 1. The minimum absolute atomic E-state index is 0.258. The molecule has 1 unspecified atom stereocenters. The van der Waals surface area contributed by atoms with Crippen molar-refractivity contribution >= 4 is 32.7 Å². The maximum atomic E-state index is 5.73. The van der Waals surface area contributed by atoms with Gasteiger partial charge in [0, 0.05) is 36.0 Å². The van der Waals surface area contributed by atoms with Crippen molar-refractivity contribution in [1.82, 2.24) is 4.98 Å². The Hall–Kier alpha value is -1.13. The molecule has 0 aliphatic carbocycles. The van der Waals surface area contributed by atoms with E-state index in [1.54, 1.807) is 0 Å². The summed E-state index contributed by atoms with van der Waals surface area (Å²) < 4.78 is 5.73. The van der Waals surface area contributed by atoms with Crippen LogP contribution in [0.4, 0.5) is 5.82 Å². The van der Waals surface area contributed by atoms with E-state index in [2.05, 4.69) is 52.0 Å². The molecular weight excluding hydrogens is 316 g/mol. The minimum Gasteiger partial charge on any atom is -0.377 e. The maximum absolute atomic E-state index is 5.73. The van der Waals surface area contributed by atoms with Crippen LogP contribution in [-0.4, -0.2) is 30.8 Å². The summed E-state index contributed by atoms with van der Waals surface area (Å²) in [6, 6.07) is 10.5. The van der Waals surface area contributed by atoms with Gasteiger partial charge in [0.05, 0.1) is 11.6 Å². The highest BCUT2D eigenvalue weighted by Crippen LogP contribution is 2.26. The molecule has 0 N–H and O–H groups in total. The number of alkyl halides is 1. The topological polar surface area (TPSA) is 25.4 Å². The summed E-state index contributed by atoms with van der Waals surface area (Å²) in [4.78, 5) is 7.25. The van der Waals surface area contributed by atoms with Crippen molar-refractivity contribution in [3.63, 3.8) is 0 Å². The molecule has 3 rings (SSSR count). The number of hydrogen-bond donors (Lipinski definition) is 0. The van der Waals surface area contributed by atoms with Gasteiger partial charge in [0.2, 0.25) is 0 Å². The second-order valence-electron chi connectivity index (χ2n) is 5.28. The molecule has 2 heterocycles. The Bertz CT molecular complexity index is 602. The second-order valence-corrected chi connectivity index (χ2v) is 5.84. The van der Waals surface area contributed by atoms with Crippen LogP contribution in [0.15, 0.2) is 30.3 Å². The summed E-state index contributed by atoms with van der Waals surface area (Å²) in [5, 5.41) is 2.02. The Morgan fingerprint density at radius 1 is 1.40 bits per heavy atom. The molecule has 0 bridgehead atoms. The first kappa shape index (κ1) is 13.8. The van der Waals surface area contributed by atoms with Crippen molar-refractivity contribution in [3.8, 4) is 0 Å². The number of anilines is 1. The Morgan fingerprint density at radius 2 is 2.25 bits per heavy atom. The van der Waals surface area contributed by atoms with Crippen molar-refractivity contribution in [3.05, 3.63) is 35.9 Å². The zero-order chi connectivity index (χ0) is 13.9. The van der Waals surface area contributed by atoms with E-state index in [4.69, 9.17) is 9.72 Å². The molecule has 0 radical (unpaired) electrons. The van der Waals surface area contributed by atoms with Gasteiger partial charge in [-0.05, 0) is 25.5 Å². The van der Waals surface area contributed by atoms with E-state index in [-0.39, 0.29) is 6.10 Å². The quantitative estimate of drug-likeness (QED) is 0.782. The van der Waals surface area contributed by atoms with Crippen LogP contribution in [0.2, 0.25) is 0 Å². The molecular formula is C16H19BrN2O. The van der Waals surface area contributed by atoms with E-state index in [0.29, 0.717) is 0 Å². The predicted octanol–water partition coefficient (Wildman–Crippen LogP) is 3.74. The summed E-state index contributed by atoms with van der Waals surface area (Å²) >= 11 is 3.60. The molecule has 1 atom stereocenters. The molecule has 1 aromatic heterocycles. The monoisotopic (exact) mass is 334 g/mol. The molecule has 1 aliphatic heterocycles. The fourth-order valence-electron chi connectivity index (χ4n) is 2.71. The van der Waals surface area contributed by atoms with Crippen LogP contribution in [0.3, 0.4) is 0 Å². The Labute approximate surface area is 128 Å². The predicted molar refractivity (Wildman–Crippen MR) is 86.6 cm³/mol. The number of pyridine rings is 1. The third-order valence-corrected chi connectivity index (χ3v) is 4.28. The molecule has 3 nitrogen and oxygen atoms in total. The van der Waals surface area contributed by atoms with Crippen molar-refractivity contribution in [2.24, 2.45) is 0 Å². The van der Waals surface area contributed by atoms with Crippen molar-refractivity contribution in [1.29, 1.82) is 0 Å². The van der Waals surface area contributed by atoms with Gasteiger partial charge in [-0.1, -0.05) is 34.1 Å². The molecule has 1 aliphatic rings. The SMILES string of the molecule is CC1CN(c2nc3ccccc3cc2CBr)CCCO1. The van der Waals surface area contributed by atoms with Gasteiger partial charge in [-0.25, -0.2) is 4.98 Å². The number of rotatable bonds is 2. The third-order valence-electron chi connectivity index (χ3n) is 3.68. The molecule has 1 fully saturated rings. The van der Waals surface area contributed by atoms with Crippen LogP contribution in [0, 0.1) is 0 Å². The van der Waals surface area contributed by atoms with Crippen molar-refractivity contribution in [2.45, 2.75) is 24.8 Å². The summed E-state index contributed by atoms with van der Waals surface area (Å²) in [5.41, 5.74) is 2.31. The van der Waals surface area contributed by atoms with Crippen molar-refractivity contribution in [2.75, 3.05) is 24.6 Å². The lowest BCUT2D eigenvalue weighted by Crippen LogP contribution is -2.31. The highest BCUT2D eigenvalue weighted by Gasteiger charge is 2.19. The van der Waals surface area contributed by atoms with E-state index >= 15 is 0 Å². The molecule has 2 aromatic rings. The Kier molecular flexibility index (Phi) is 4.22. The van der Waals surface area contributed by atoms with E-state index in [9.17, 15) is 0 Å². The Balaban J connectivity index is 2.04. The van der Waals surface area contributed by atoms with Crippen LogP contribution in [0.25, 0.3) is 10.9 Å². The van der Waals surface area contributed by atoms with Crippen molar-refractivity contribution < 1.29 is 4.74 Å². The summed E-state index contributed by atoms with van der Waals surface area (Å²) in [7, 11) is 0. The van der Waals surface area contributed by atoms with Gasteiger partial charge in [0.1, 0.15) is 5.82 Å². The largest absolute Gasteiger partial charge is 0.377 e. The smallest absolute Gasteiger partial charge is 0.133 e. The third kappa shape index (κ3) is 2.81. The molecule has 4 heteroatoms. The van der Waals surface area contributed by atoms with Crippen LogP contribution in [-0.2, 0) is 10.1 Å². The normalized spacial score (nSPS) is 20.1. The van der Waals surface area contributed by atoms with E-state index in [1.165, 1.54) is 10.9 Å². The maximum Gasteiger partial charge on any atom is 0.133 e. The first-order valence-electron chi connectivity index (χ1n) is 7.09. The summed E-state index contributed by atoms with van der Waals surface area (Å²) in [6.07, 6.45) is 1.31. The first-order valence-corrected chi connectivity index (χ1v) is 8.21. The number of nitrogens with zero attached hydrogens (tertiary/aromatic N) is 2. The van der Waals surface area contributed by atoms with Crippen LogP contribution in [0.1, 0.15) is 18.9 Å². The van der Waals surface area contributed by atoms with Crippen LogP contribution < -0.4 is 4.90 Å². The zero-order valence-electron chi connectivity index (χ0n) is 11.7. The fourth-order valence-corrected chi connectivity index (χ4v) is 3.12. The average Bonchev–Trinajstić information content (AvgIpc) is 2.70. The number of para-hydroxylation sites is 1. The Morgan fingerprint density at radius 3 is 3.10 bits per heavy atom. The molecule has 0 amide bonds. The number of benzene rings is 1. The highest BCUT2D eigenvalue weighted by molar-refractivity contribution is 9.08. The molecule has 1 aromatic carbocycles. The highest BCUT2D eigenvalue weighted by atomic mass is 79.9. The number of aromatic nitrogens is 1. The van der Waals surface area contributed by atoms with E-state index < -0.39 is 0 Å². The number of ether oxygens (including phenoxy) is 1. The lowest BCUT2D eigenvalue weighted by Gasteiger charge is -2.25. The van der Waals surface area contributed by atoms with Gasteiger partial charge >= 0.3 is 0 Å². The first-order chi connectivity index (χ1) is 9.78. The van der Waals surface area contributed by atoms with Gasteiger partial charge in [-0.2, -0.15) is 0 Å². The van der Waals surface area contributed by atoms with Gasteiger partial charge in [-0.3, -0.25) is 0 Å². The van der Waals surface area contributed by atoms with Gasteiger partial charge in [0.15, 0.2) is 0 Å². The minimum atomic E-state index is 0.258. The van der Waals surface area contributed by atoms with Crippen LogP contribution >= 0.6 is 15.9 Å². The molecule has 20 heavy (non-hydrogen) atoms. The summed E-state index contributed by atoms with van der Waals surface area (Å²) in [6.45, 7) is 4.89. The molecule has 1 saturated heterocycles. The fraction of sp³-hybridized carbons (Fsp3) is 0.438. The molecule has 0 saturated carbocycles. The van der Waals surface area contributed by atoms with E-state index in [1.807, 2.05) is 6.07 Å². The average molecular weight is 335 g/mol. The molecule has 106 valence electrons. The standard InChI is InChI=1S/C16H19BrN2O/c1-12-11-19(7-4-8-20-12)16-14(10-17)9-13-5-2-3-6-15(13)18-16/h2-3,5-6,9,12H,4,7-8,10-11H2,1H3. The number of hydrogen-bond acceptors (Lipinski definition) is 3. The van der Waals surface area contributed by atoms with Crippen LogP contribution in [0.5, 0.6) is 0 Å². The van der Waals surface area contributed by atoms with Gasteiger partial charge < -0.3 is 9.64 Å². The molecule has 0 spiro atoms. The van der Waals surface area contributed by atoms with E-state index in [0.717, 1.165) is 42.8 Å².